The lowest BCUT2D eigenvalue weighted by atomic mass is 10.1. The molecule has 1 amide bonds. The van der Waals surface area contributed by atoms with E-state index in [-0.39, 0.29) is 0 Å². The zero-order chi connectivity index (χ0) is 10.4. The Morgan fingerprint density at radius 3 is 2.79 bits per heavy atom. The summed E-state index contributed by atoms with van der Waals surface area (Å²) in [4.78, 5) is 13.4. The molecule has 0 aromatic carbocycles. The third-order valence-corrected chi connectivity index (χ3v) is 2.74. The van der Waals surface area contributed by atoms with E-state index in [2.05, 4.69) is 19.2 Å². The average molecular weight is 198 g/mol. The predicted molar refractivity (Wildman–Crippen MR) is 58.2 cm³/mol. The van der Waals surface area contributed by atoms with Gasteiger partial charge >= 0.3 is 0 Å². The van der Waals surface area contributed by atoms with Gasteiger partial charge in [0.15, 0.2) is 0 Å². The molecule has 0 aromatic rings. The van der Waals surface area contributed by atoms with Crippen molar-refractivity contribution < 1.29 is 4.79 Å². The zero-order valence-corrected chi connectivity index (χ0v) is 9.38. The lowest BCUT2D eigenvalue weighted by molar-refractivity contribution is -0.128. The molecule has 0 spiro atoms. The van der Waals surface area contributed by atoms with Crippen LogP contribution in [-0.2, 0) is 4.79 Å². The molecule has 1 saturated heterocycles. The molecule has 1 rings (SSSR count). The fraction of sp³-hybridized carbons (Fsp3) is 0.909. The monoisotopic (exact) mass is 198 g/mol. The van der Waals surface area contributed by atoms with Gasteiger partial charge in [-0.05, 0) is 19.4 Å². The highest BCUT2D eigenvalue weighted by atomic mass is 16.2. The van der Waals surface area contributed by atoms with Crippen molar-refractivity contribution in [1.29, 1.82) is 0 Å². The molecule has 1 aliphatic heterocycles. The minimum atomic E-state index is 0.337. The van der Waals surface area contributed by atoms with Crippen LogP contribution < -0.4 is 5.32 Å². The molecule has 0 bridgehead atoms. The largest absolute Gasteiger partial charge is 0.341 e. The second kappa shape index (κ2) is 6.02. The van der Waals surface area contributed by atoms with Crippen LogP contribution in [0.25, 0.3) is 0 Å². The molecule has 1 atom stereocenters. The summed E-state index contributed by atoms with van der Waals surface area (Å²) >= 11 is 0. The van der Waals surface area contributed by atoms with Crippen molar-refractivity contribution in [3.8, 4) is 0 Å². The lowest BCUT2D eigenvalue weighted by Crippen LogP contribution is -2.41. The summed E-state index contributed by atoms with van der Waals surface area (Å²) in [7, 11) is 0. The second-order valence-electron chi connectivity index (χ2n) is 3.99. The number of carbonyl (C=O) groups excluding carboxylic acids is 1. The SMILES string of the molecule is CCCC(CN1CCCC1=O)NCC. The number of nitrogens with one attached hydrogen (secondary N) is 1. The van der Waals surface area contributed by atoms with Crippen LogP contribution in [0.15, 0.2) is 0 Å². The molecule has 1 aliphatic rings. The number of hydrogen-bond donors (Lipinski definition) is 1. The van der Waals surface area contributed by atoms with E-state index in [0.29, 0.717) is 11.9 Å². The van der Waals surface area contributed by atoms with Crippen LogP contribution in [0.2, 0.25) is 0 Å². The maximum absolute atomic E-state index is 11.4. The van der Waals surface area contributed by atoms with E-state index in [9.17, 15) is 4.79 Å². The van der Waals surface area contributed by atoms with Crippen molar-refractivity contribution in [3.63, 3.8) is 0 Å². The Morgan fingerprint density at radius 2 is 2.29 bits per heavy atom. The van der Waals surface area contributed by atoms with Gasteiger partial charge in [-0.25, -0.2) is 0 Å². The van der Waals surface area contributed by atoms with E-state index >= 15 is 0 Å². The molecule has 1 unspecified atom stereocenters. The summed E-state index contributed by atoms with van der Waals surface area (Å²) in [6.45, 7) is 7.17. The normalized spacial score (nSPS) is 19.0. The number of rotatable bonds is 6. The number of nitrogens with zero attached hydrogens (tertiary/aromatic N) is 1. The number of amides is 1. The Labute approximate surface area is 86.9 Å². The van der Waals surface area contributed by atoms with E-state index in [0.717, 1.165) is 38.9 Å². The van der Waals surface area contributed by atoms with Crippen LogP contribution >= 0.6 is 0 Å². The Morgan fingerprint density at radius 1 is 1.50 bits per heavy atom. The van der Waals surface area contributed by atoms with Crippen LogP contribution in [0.3, 0.4) is 0 Å². The summed E-state index contributed by atoms with van der Waals surface area (Å²) in [5, 5.41) is 3.44. The summed E-state index contributed by atoms with van der Waals surface area (Å²) in [5.41, 5.74) is 0. The van der Waals surface area contributed by atoms with Gasteiger partial charge in [-0.1, -0.05) is 20.3 Å². The molecule has 1 N–H and O–H groups in total. The Bertz CT molecular complexity index is 176. The third-order valence-electron chi connectivity index (χ3n) is 2.74. The van der Waals surface area contributed by atoms with Gasteiger partial charge in [-0.3, -0.25) is 4.79 Å². The molecule has 14 heavy (non-hydrogen) atoms. The first-order valence-corrected chi connectivity index (χ1v) is 5.79. The van der Waals surface area contributed by atoms with E-state index in [1.807, 2.05) is 4.90 Å². The van der Waals surface area contributed by atoms with Gasteiger partial charge < -0.3 is 10.2 Å². The highest BCUT2D eigenvalue weighted by Gasteiger charge is 2.22. The summed E-state index contributed by atoms with van der Waals surface area (Å²) in [6, 6.07) is 0.493. The van der Waals surface area contributed by atoms with Gasteiger partial charge in [0.05, 0.1) is 0 Å². The number of carbonyl (C=O) groups is 1. The number of likely N-dealkylation sites (tertiary alicyclic amines) is 1. The van der Waals surface area contributed by atoms with Gasteiger partial charge in [0, 0.05) is 25.6 Å². The quantitative estimate of drug-likeness (QED) is 0.699. The van der Waals surface area contributed by atoms with Crippen LogP contribution in [-0.4, -0.2) is 36.5 Å². The molecule has 3 nitrogen and oxygen atoms in total. The first-order valence-electron chi connectivity index (χ1n) is 5.79. The first kappa shape index (κ1) is 11.5. The second-order valence-corrected chi connectivity index (χ2v) is 3.99. The van der Waals surface area contributed by atoms with Gasteiger partial charge in [0.2, 0.25) is 5.91 Å². The minimum Gasteiger partial charge on any atom is -0.341 e. The van der Waals surface area contributed by atoms with Crippen LogP contribution in [0.4, 0.5) is 0 Å². The maximum Gasteiger partial charge on any atom is 0.222 e. The van der Waals surface area contributed by atoms with E-state index in [4.69, 9.17) is 0 Å². The fourth-order valence-corrected chi connectivity index (χ4v) is 2.06. The average Bonchev–Trinajstić information content (AvgIpc) is 2.53. The van der Waals surface area contributed by atoms with Crippen molar-refractivity contribution in [3.05, 3.63) is 0 Å². The van der Waals surface area contributed by atoms with E-state index in [1.165, 1.54) is 6.42 Å². The highest BCUT2D eigenvalue weighted by molar-refractivity contribution is 5.78. The molecule has 1 fully saturated rings. The van der Waals surface area contributed by atoms with E-state index < -0.39 is 0 Å². The Balaban J connectivity index is 2.33. The highest BCUT2D eigenvalue weighted by Crippen LogP contribution is 2.11. The third kappa shape index (κ3) is 3.29. The first-order chi connectivity index (χ1) is 6.77. The smallest absolute Gasteiger partial charge is 0.222 e. The van der Waals surface area contributed by atoms with Crippen molar-refractivity contribution in [2.75, 3.05) is 19.6 Å². The molecule has 0 aromatic heterocycles. The zero-order valence-electron chi connectivity index (χ0n) is 9.38. The fourth-order valence-electron chi connectivity index (χ4n) is 2.06. The van der Waals surface area contributed by atoms with Crippen molar-refractivity contribution in [2.24, 2.45) is 0 Å². The van der Waals surface area contributed by atoms with Gasteiger partial charge in [0.25, 0.3) is 0 Å². The maximum atomic E-state index is 11.4. The summed E-state index contributed by atoms with van der Waals surface area (Å²) < 4.78 is 0. The minimum absolute atomic E-state index is 0.337. The van der Waals surface area contributed by atoms with Crippen LogP contribution in [0.1, 0.15) is 39.5 Å². The summed E-state index contributed by atoms with van der Waals surface area (Å²) in [5.74, 6) is 0.337. The summed E-state index contributed by atoms with van der Waals surface area (Å²) in [6.07, 6.45) is 4.14. The van der Waals surface area contributed by atoms with Gasteiger partial charge in [-0.15, -0.1) is 0 Å². The number of likely N-dealkylation sites (N-methyl/N-ethyl adjacent to an activating group) is 1. The standard InChI is InChI=1S/C11H22N2O/c1-3-6-10(12-4-2)9-13-8-5-7-11(13)14/h10,12H,3-9H2,1-2H3. The van der Waals surface area contributed by atoms with Crippen LogP contribution in [0, 0.1) is 0 Å². The van der Waals surface area contributed by atoms with Gasteiger partial charge in [0.1, 0.15) is 0 Å². The van der Waals surface area contributed by atoms with Crippen LogP contribution in [0.5, 0.6) is 0 Å². The molecule has 0 saturated carbocycles. The van der Waals surface area contributed by atoms with Gasteiger partial charge in [-0.2, -0.15) is 0 Å². The molecule has 1 heterocycles. The lowest BCUT2D eigenvalue weighted by Gasteiger charge is -2.24. The predicted octanol–water partition coefficient (Wildman–Crippen LogP) is 1.39. The number of hydrogen-bond acceptors (Lipinski definition) is 2. The topological polar surface area (TPSA) is 32.3 Å². The molecule has 0 aliphatic carbocycles. The molecule has 0 radical (unpaired) electrons. The van der Waals surface area contributed by atoms with Crippen molar-refractivity contribution in [2.45, 2.75) is 45.6 Å². The van der Waals surface area contributed by atoms with Crippen molar-refractivity contribution in [1.82, 2.24) is 10.2 Å². The Hall–Kier alpha value is -0.570. The van der Waals surface area contributed by atoms with E-state index in [1.54, 1.807) is 0 Å². The molecular weight excluding hydrogens is 176 g/mol. The molecule has 82 valence electrons. The van der Waals surface area contributed by atoms with Crippen molar-refractivity contribution >= 4 is 5.91 Å². The molecule has 3 heteroatoms. The Kier molecular flexibility index (Phi) is 4.94. The molecular formula is C11H22N2O.